The van der Waals surface area contributed by atoms with Gasteiger partial charge in [0.2, 0.25) is 0 Å². The van der Waals surface area contributed by atoms with Crippen molar-refractivity contribution in [3.8, 4) is 0 Å². The van der Waals surface area contributed by atoms with Crippen LogP contribution < -0.4 is 0 Å². The van der Waals surface area contributed by atoms with Gasteiger partial charge in [0.15, 0.2) is 0 Å². The fourth-order valence-electron chi connectivity index (χ4n) is 2.61. The first-order valence-corrected chi connectivity index (χ1v) is 5.82. The zero-order valence-electron chi connectivity index (χ0n) is 8.47. The van der Waals surface area contributed by atoms with Crippen LogP contribution in [0.15, 0.2) is 23.8 Å². The van der Waals surface area contributed by atoms with E-state index in [1.54, 1.807) is 5.57 Å². The van der Waals surface area contributed by atoms with Crippen LogP contribution in [0.4, 0.5) is 0 Å². The Balaban J connectivity index is 2.04. The van der Waals surface area contributed by atoms with Gasteiger partial charge < -0.3 is 0 Å². The molecule has 0 N–H and O–H groups in total. The molecule has 0 heteroatoms. The van der Waals surface area contributed by atoms with Crippen molar-refractivity contribution in [2.45, 2.75) is 51.4 Å². The molecule has 2 aliphatic rings. The molecule has 0 saturated heterocycles. The topological polar surface area (TPSA) is 0 Å². The smallest absolute Gasteiger partial charge is 0.0200 e. The molecule has 0 amide bonds. The zero-order chi connectivity index (χ0) is 8.93. The molecule has 1 fully saturated rings. The molecule has 1 saturated carbocycles. The molecule has 72 valence electrons. The van der Waals surface area contributed by atoms with Crippen LogP contribution in [0.3, 0.4) is 0 Å². The third kappa shape index (κ3) is 2.46. The average Bonchev–Trinajstić information content (AvgIpc) is 2.59. The number of rotatable bonds is 0. The summed E-state index contributed by atoms with van der Waals surface area (Å²) >= 11 is 0. The molecule has 1 unspecified atom stereocenters. The highest BCUT2D eigenvalue weighted by atomic mass is 14.2. The Morgan fingerprint density at radius 3 is 2.92 bits per heavy atom. The number of allylic oxidation sites excluding steroid dienone is 4. The minimum Gasteiger partial charge on any atom is -0.0845 e. The molecule has 2 rings (SSSR count). The van der Waals surface area contributed by atoms with E-state index in [-0.39, 0.29) is 0 Å². The summed E-state index contributed by atoms with van der Waals surface area (Å²) in [5.74, 6) is 0.947. The van der Waals surface area contributed by atoms with Gasteiger partial charge in [-0.05, 0) is 44.4 Å². The van der Waals surface area contributed by atoms with Crippen molar-refractivity contribution in [1.82, 2.24) is 0 Å². The summed E-state index contributed by atoms with van der Waals surface area (Å²) in [6.45, 7) is 0. The molecular formula is C13H20. The van der Waals surface area contributed by atoms with E-state index in [2.05, 4.69) is 18.2 Å². The Kier molecular flexibility index (Phi) is 3.23. The molecule has 0 aromatic rings. The second kappa shape index (κ2) is 4.64. The predicted octanol–water partition coefficient (Wildman–Crippen LogP) is 4.23. The van der Waals surface area contributed by atoms with Crippen molar-refractivity contribution in [3.05, 3.63) is 23.8 Å². The quantitative estimate of drug-likeness (QED) is 0.518. The Bertz CT molecular complexity index is 210. The maximum absolute atomic E-state index is 2.39. The lowest BCUT2D eigenvalue weighted by atomic mass is 9.94. The summed E-state index contributed by atoms with van der Waals surface area (Å²) < 4.78 is 0. The lowest BCUT2D eigenvalue weighted by Gasteiger charge is -2.12. The molecule has 1 atom stereocenters. The molecule has 0 nitrogen and oxygen atoms in total. The van der Waals surface area contributed by atoms with Crippen molar-refractivity contribution < 1.29 is 0 Å². The summed E-state index contributed by atoms with van der Waals surface area (Å²) in [6, 6.07) is 0. The monoisotopic (exact) mass is 176 g/mol. The third-order valence-corrected chi connectivity index (χ3v) is 3.41. The van der Waals surface area contributed by atoms with Crippen LogP contribution in [-0.2, 0) is 0 Å². The molecule has 0 spiro atoms. The summed E-state index contributed by atoms with van der Waals surface area (Å²) in [6.07, 6.45) is 18.3. The number of hydrogen-bond acceptors (Lipinski definition) is 0. The van der Waals surface area contributed by atoms with Crippen LogP contribution >= 0.6 is 0 Å². The Hall–Kier alpha value is -0.520. The van der Waals surface area contributed by atoms with E-state index in [0.717, 1.165) is 5.92 Å². The zero-order valence-corrected chi connectivity index (χ0v) is 8.47. The van der Waals surface area contributed by atoms with Crippen LogP contribution in [0.5, 0.6) is 0 Å². The fraction of sp³-hybridized carbons (Fsp3) is 0.692. The lowest BCUT2D eigenvalue weighted by molar-refractivity contribution is 0.520. The van der Waals surface area contributed by atoms with Crippen LogP contribution in [0.2, 0.25) is 0 Å². The third-order valence-electron chi connectivity index (χ3n) is 3.41. The molecule has 0 radical (unpaired) electrons. The van der Waals surface area contributed by atoms with E-state index in [0.29, 0.717) is 0 Å². The van der Waals surface area contributed by atoms with Gasteiger partial charge in [0, 0.05) is 0 Å². The highest BCUT2D eigenvalue weighted by molar-refractivity contribution is 5.18. The second-order valence-corrected chi connectivity index (χ2v) is 4.40. The molecule has 0 bridgehead atoms. The van der Waals surface area contributed by atoms with Gasteiger partial charge in [-0.1, -0.05) is 36.6 Å². The van der Waals surface area contributed by atoms with E-state index in [1.165, 1.54) is 51.4 Å². The maximum atomic E-state index is 2.39. The van der Waals surface area contributed by atoms with Gasteiger partial charge in [0.25, 0.3) is 0 Å². The lowest BCUT2D eigenvalue weighted by Crippen LogP contribution is -1.97. The highest BCUT2D eigenvalue weighted by Gasteiger charge is 2.19. The van der Waals surface area contributed by atoms with Gasteiger partial charge in [-0.3, -0.25) is 0 Å². The van der Waals surface area contributed by atoms with Crippen LogP contribution in [-0.4, -0.2) is 0 Å². The summed E-state index contributed by atoms with van der Waals surface area (Å²) in [4.78, 5) is 0. The van der Waals surface area contributed by atoms with E-state index in [9.17, 15) is 0 Å². The van der Waals surface area contributed by atoms with Crippen LogP contribution in [0.25, 0.3) is 0 Å². The molecule has 0 aromatic carbocycles. The minimum atomic E-state index is 0.947. The van der Waals surface area contributed by atoms with Crippen LogP contribution in [0, 0.1) is 5.92 Å². The second-order valence-electron chi connectivity index (χ2n) is 4.40. The maximum Gasteiger partial charge on any atom is -0.0200 e. The van der Waals surface area contributed by atoms with Gasteiger partial charge >= 0.3 is 0 Å². The van der Waals surface area contributed by atoms with Crippen molar-refractivity contribution in [3.63, 3.8) is 0 Å². The summed E-state index contributed by atoms with van der Waals surface area (Å²) in [5, 5.41) is 0. The average molecular weight is 176 g/mol. The van der Waals surface area contributed by atoms with E-state index < -0.39 is 0 Å². The molecule has 0 aliphatic heterocycles. The van der Waals surface area contributed by atoms with Crippen molar-refractivity contribution in [1.29, 1.82) is 0 Å². The summed E-state index contributed by atoms with van der Waals surface area (Å²) in [7, 11) is 0. The molecule has 2 aliphatic carbocycles. The van der Waals surface area contributed by atoms with E-state index in [4.69, 9.17) is 0 Å². The van der Waals surface area contributed by atoms with Gasteiger partial charge in [0.05, 0.1) is 0 Å². The highest BCUT2D eigenvalue weighted by Crippen LogP contribution is 2.35. The van der Waals surface area contributed by atoms with Gasteiger partial charge in [-0.25, -0.2) is 0 Å². The number of hydrogen-bond donors (Lipinski definition) is 0. The first kappa shape index (κ1) is 9.05. The van der Waals surface area contributed by atoms with Gasteiger partial charge in [0.1, 0.15) is 0 Å². The molecule has 0 aromatic heterocycles. The molecule has 0 heterocycles. The van der Waals surface area contributed by atoms with Crippen LogP contribution in [0.1, 0.15) is 51.4 Å². The molecule has 13 heavy (non-hydrogen) atoms. The van der Waals surface area contributed by atoms with E-state index >= 15 is 0 Å². The van der Waals surface area contributed by atoms with E-state index in [1.807, 2.05) is 0 Å². The first-order valence-electron chi connectivity index (χ1n) is 5.82. The largest absolute Gasteiger partial charge is 0.0845 e. The van der Waals surface area contributed by atoms with Crippen molar-refractivity contribution >= 4 is 0 Å². The Morgan fingerprint density at radius 1 is 1.00 bits per heavy atom. The SMILES string of the molecule is C1=CCCCCCC2CCCC2=C1. The van der Waals surface area contributed by atoms with Gasteiger partial charge in [-0.15, -0.1) is 0 Å². The predicted molar refractivity (Wildman–Crippen MR) is 57.6 cm³/mol. The Morgan fingerprint density at radius 2 is 1.92 bits per heavy atom. The summed E-state index contributed by atoms with van der Waals surface area (Å²) in [5.41, 5.74) is 1.73. The standard InChI is InChI=1S/C13H20/c1-2-4-6-9-13-11-7-10-12(13)8-5-3-1/h3,5,8,13H,1-2,4,6-7,9-11H2. The van der Waals surface area contributed by atoms with Crippen molar-refractivity contribution in [2.24, 2.45) is 5.92 Å². The Labute approximate surface area is 81.7 Å². The fourth-order valence-corrected chi connectivity index (χ4v) is 2.61. The normalized spacial score (nSPS) is 29.5. The van der Waals surface area contributed by atoms with Crippen molar-refractivity contribution in [2.75, 3.05) is 0 Å². The minimum absolute atomic E-state index is 0.947. The van der Waals surface area contributed by atoms with Gasteiger partial charge in [-0.2, -0.15) is 0 Å². The first-order chi connectivity index (χ1) is 6.47. The number of fused-ring (bicyclic) bond motifs is 1. The molecular weight excluding hydrogens is 156 g/mol.